The van der Waals surface area contributed by atoms with Crippen LogP contribution in [0.1, 0.15) is 10.4 Å². The van der Waals surface area contributed by atoms with Crippen molar-refractivity contribution in [3.63, 3.8) is 0 Å². The van der Waals surface area contributed by atoms with E-state index in [1.165, 1.54) is 27.8 Å². The molecule has 0 saturated heterocycles. The van der Waals surface area contributed by atoms with Crippen LogP contribution in [0.15, 0.2) is 65.1 Å². The molecule has 0 spiro atoms. The van der Waals surface area contributed by atoms with E-state index in [9.17, 15) is 4.79 Å². The van der Waals surface area contributed by atoms with Gasteiger partial charge < -0.3 is 9.88 Å². The fraction of sp³-hybridized carbons (Fsp3) is 0.174. The second-order valence-electron chi connectivity index (χ2n) is 7.01. The third-order valence-electron chi connectivity index (χ3n) is 4.78. The molecule has 4 aromatic rings. The van der Waals surface area contributed by atoms with Crippen LogP contribution >= 0.6 is 23.1 Å². The number of amides is 1. The zero-order valence-corrected chi connectivity index (χ0v) is 18.7. The van der Waals surface area contributed by atoms with E-state index in [1.807, 2.05) is 61.0 Å². The highest BCUT2D eigenvalue weighted by Crippen LogP contribution is 2.38. The lowest BCUT2D eigenvalue weighted by atomic mass is 10.0. The largest absolute Gasteiger partial charge is 0.325 e. The number of carbonyl (C=O) groups is 1. The molecule has 4 rings (SSSR count). The molecule has 2 heterocycles. The maximum absolute atomic E-state index is 12.3. The van der Waals surface area contributed by atoms with Crippen LogP contribution in [0.2, 0.25) is 0 Å². The number of rotatable bonds is 6. The number of aryl methyl sites for hydroxylation is 2. The van der Waals surface area contributed by atoms with Crippen molar-refractivity contribution in [3.05, 3.63) is 70.4 Å². The monoisotopic (exact) mass is 434 g/mol. The number of nitrogens with one attached hydrogen (secondary N) is 1. The van der Waals surface area contributed by atoms with E-state index >= 15 is 0 Å². The molecule has 0 aliphatic carbocycles. The van der Waals surface area contributed by atoms with E-state index in [-0.39, 0.29) is 11.7 Å². The van der Waals surface area contributed by atoms with Gasteiger partial charge in [0.1, 0.15) is 0 Å². The Morgan fingerprint density at radius 2 is 1.80 bits per heavy atom. The van der Waals surface area contributed by atoms with E-state index in [0.29, 0.717) is 5.16 Å². The molecule has 1 amide bonds. The Balaban J connectivity index is 1.50. The van der Waals surface area contributed by atoms with Crippen LogP contribution in [0.4, 0.5) is 5.69 Å². The van der Waals surface area contributed by atoms with Crippen molar-refractivity contribution in [1.29, 1.82) is 0 Å². The van der Waals surface area contributed by atoms with Crippen LogP contribution in [0, 0.1) is 13.8 Å². The molecular weight excluding hydrogens is 412 g/mol. The van der Waals surface area contributed by atoms with E-state index in [4.69, 9.17) is 0 Å². The molecule has 152 valence electrons. The lowest BCUT2D eigenvalue weighted by Crippen LogP contribution is -2.14. The highest BCUT2D eigenvalue weighted by molar-refractivity contribution is 7.99. The summed E-state index contributed by atoms with van der Waals surface area (Å²) in [6.07, 6.45) is 0. The van der Waals surface area contributed by atoms with Gasteiger partial charge in [0.2, 0.25) is 5.91 Å². The van der Waals surface area contributed by atoms with Crippen molar-refractivity contribution in [2.45, 2.75) is 19.0 Å². The molecule has 0 unspecified atom stereocenters. The molecule has 0 aliphatic rings. The smallest absolute Gasteiger partial charge is 0.234 e. The summed E-state index contributed by atoms with van der Waals surface area (Å²) >= 11 is 3.09. The molecular formula is C23H22N4OS2. The molecule has 30 heavy (non-hydrogen) atoms. The van der Waals surface area contributed by atoms with Gasteiger partial charge in [-0.05, 0) is 31.5 Å². The molecule has 0 bridgehead atoms. The van der Waals surface area contributed by atoms with E-state index in [1.54, 1.807) is 11.3 Å². The summed E-state index contributed by atoms with van der Waals surface area (Å²) in [5, 5.41) is 14.5. The Morgan fingerprint density at radius 3 is 2.53 bits per heavy atom. The minimum absolute atomic E-state index is 0.0650. The number of benzene rings is 2. The summed E-state index contributed by atoms with van der Waals surface area (Å²) in [7, 11) is 1.94. The highest BCUT2D eigenvalue weighted by Gasteiger charge is 2.19. The van der Waals surface area contributed by atoms with Crippen LogP contribution in [0.3, 0.4) is 0 Å². The fourth-order valence-corrected chi connectivity index (χ4v) is 4.80. The molecule has 0 atom stereocenters. The van der Waals surface area contributed by atoms with Crippen molar-refractivity contribution in [2.24, 2.45) is 7.05 Å². The third kappa shape index (κ3) is 4.32. The summed E-state index contributed by atoms with van der Waals surface area (Å²) in [6.45, 7) is 4.14. The van der Waals surface area contributed by atoms with Crippen LogP contribution in [-0.4, -0.2) is 26.4 Å². The molecule has 0 aliphatic heterocycles. The van der Waals surface area contributed by atoms with E-state index in [0.717, 1.165) is 22.6 Å². The first-order chi connectivity index (χ1) is 14.5. The summed E-state index contributed by atoms with van der Waals surface area (Å²) in [6, 6.07) is 18.1. The number of thioether (sulfide) groups is 1. The SMILES string of the molecule is Cc1ccc(NC(=O)CSc2nnc(-c3csc(C)c3-c3ccccc3)n2C)cc1. The van der Waals surface area contributed by atoms with Gasteiger partial charge in [0.05, 0.1) is 5.75 Å². The Labute approximate surface area is 184 Å². The van der Waals surface area contributed by atoms with Crippen molar-refractivity contribution in [2.75, 3.05) is 11.1 Å². The number of hydrogen-bond donors (Lipinski definition) is 1. The lowest BCUT2D eigenvalue weighted by Gasteiger charge is -2.07. The van der Waals surface area contributed by atoms with Gasteiger partial charge in [-0.1, -0.05) is 59.8 Å². The molecule has 0 radical (unpaired) electrons. The number of hydrogen-bond acceptors (Lipinski definition) is 5. The van der Waals surface area contributed by atoms with Gasteiger partial charge in [0, 0.05) is 34.1 Å². The summed E-state index contributed by atoms with van der Waals surface area (Å²) < 4.78 is 1.96. The minimum atomic E-state index is -0.0650. The third-order valence-corrected chi connectivity index (χ3v) is 6.71. The quantitative estimate of drug-likeness (QED) is 0.404. The van der Waals surface area contributed by atoms with E-state index < -0.39 is 0 Å². The average molecular weight is 435 g/mol. The number of aromatic nitrogens is 3. The van der Waals surface area contributed by atoms with Crippen LogP contribution < -0.4 is 5.32 Å². The number of anilines is 1. The maximum atomic E-state index is 12.3. The Kier molecular flexibility index (Phi) is 6.01. The topological polar surface area (TPSA) is 59.8 Å². The first-order valence-electron chi connectivity index (χ1n) is 9.55. The normalized spacial score (nSPS) is 10.9. The molecule has 0 fully saturated rings. The predicted molar refractivity (Wildman–Crippen MR) is 125 cm³/mol. The minimum Gasteiger partial charge on any atom is -0.325 e. The zero-order chi connectivity index (χ0) is 21.1. The molecule has 0 saturated carbocycles. The van der Waals surface area contributed by atoms with Crippen molar-refractivity contribution < 1.29 is 4.79 Å². The average Bonchev–Trinajstić information content (AvgIpc) is 3.31. The lowest BCUT2D eigenvalue weighted by molar-refractivity contribution is -0.113. The van der Waals surface area contributed by atoms with Crippen LogP contribution in [0.25, 0.3) is 22.5 Å². The Bertz CT molecular complexity index is 1160. The van der Waals surface area contributed by atoms with Crippen molar-refractivity contribution in [1.82, 2.24) is 14.8 Å². The number of nitrogens with zero attached hydrogens (tertiary/aromatic N) is 3. The van der Waals surface area contributed by atoms with Crippen LogP contribution in [0.5, 0.6) is 0 Å². The summed E-state index contributed by atoms with van der Waals surface area (Å²) in [4.78, 5) is 13.6. The summed E-state index contributed by atoms with van der Waals surface area (Å²) in [5.74, 6) is 1.01. The predicted octanol–water partition coefficient (Wildman–Crippen LogP) is 5.56. The number of carbonyl (C=O) groups excluding carboxylic acids is 1. The second-order valence-corrected chi connectivity index (χ2v) is 9.04. The molecule has 1 N–H and O–H groups in total. The van der Waals surface area contributed by atoms with Gasteiger partial charge in [-0.2, -0.15) is 0 Å². The Hall–Kier alpha value is -2.90. The van der Waals surface area contributed by atoms with Gasteiger partial charge in [0.25, 0.3) is 0 Å². The summed E-state index contributed by atoms with van der Waals surface area (Å²) in [5.41, 5.74) is 5.37. The standard InChI is InChI=1S/C23H22N4OS2/c1-15-9-11-18(12-10-15)24-20(28)14-30-23-26-25-22(27(23)3)19-13-29-16(2)21(19)17-7-5-4-6-8-17/h4-13H,14H2,1-3H3,(H,24,28). The van der Waals surface area contributed by atoms with Gasteiger partial charge in [-0.25, -0.2) is 0 Å². The molecule has 5 nitrogen and oxygen atoms in total. The highest BCUT2D eigenvalue weighted by atomic mass is 32.2. The van der Waals surface area contributed by atoms with Gasteiger partial charge in [-0.3, -0.25) is 4.79 Å². The first kappa shape index (κ1) is 20.4. The fourth-order valence-electron chi connectivity index (χ4n) is 3.22. The molecule has 7 heteroatoms. The first-order valence-corrected chi connectivity index (χ1v) is 11.4. The molecule has 2 aromatic heterocycles. The van der Waals surface area contributed by atoms with Gasteiger partial charge >= 0.3 is 0 Å². The number of thiophene rings is 1. The Morgan fingerprint density at radius 1 is 1.07 bits per heavy atom. The van der Waals surface area contributed by atoms with Crippen LogP contribution in [-0.2, 0) is 11.8 Å². The van der Waals surface area contributed by atoms with Crippen molar-refractivity contribution >= 4 is 34.7 Å². The van der Waals surface area contributed by atoms with Gasteiger partial charge in [0.15, 0.2) is 11.0 Å². The molecule has 2 aromatic carbocycles. The maximum Gasteiger partial charge on any atom is 0.234 e. The van der Waals surface area contributed by atoms with Gasteiger partial charge in [-0.15, -0.1) is 21.5 Å². The van der Waals surface area contributed by atoms with Crippen molar-refractivity contribution in [3.8, 4) is 22.5 Å². The zero-order valence-electron chi connectivity index (χ0n) is 17.0. The van der Waals surface area contributed by atoms with E-state index in [2.05, 4.69) is 40.0 Å². The second kappa shape index (κ2) is 8.85.